The first kappa shape index (κ1) is 23.6. The molecule has 2 amide bonds. The fourth-order valence-electron chi connectivity index (χ4n) is 4.12. The van der Waals surface area contributed by atoms with Gasteiger partial charge in [0.15, 0.2) is 0 Å². The maximum Gasteiger partial charge on any atom is 0.405 e. The van der Waals surface area contributed by atoms with Crippen molar-refractivity contribution >= 4 is 23.1 Å². The van der Waals surface area contributed by atoms with Crippen molar-refractivity contribution in [2.75, 3.05) is 18.5 Å². The number of carbonyl (C=O) groups excluding carboxylic acids is 1. The van der Waals surface area contributed by atoms with Crippen molar-refractivity contribution in [3.63, 3.8) is 0 Å². The standard InChI is InChI=1S/C25H25F3N4O2/c1-16-23(20-3-2-4-21(13-20)31-24(34)29-15-25(26,27)28)32-11-9-19(14-22(32)30-16)18-7-5-17(6-8-18)10-12-33/h2-9,11,13-14,16,23,33H,10,12,15H2,1H3,(H2,29,31,34). The van der Waals surface area contributed by atoms with E-state index in [0.717, 1.165) is 28.1 Å². The van der Waals surface area contributed by atoms with Crippen LogP contribution in [0.2, 0.25) is 0 Å². The zero-order chi connectivity index (χ0) is 24.3. The van der Waals surface area contributed by atoms with Crippen LogP contribution in [0.1, 0.15) is 29.7 Å². The number of hydrogen-bond acceptors (Lipinski definition) is 4. The highest BCUT2D eigenvalue weighted by Gasteiger charge is 2.34. The highest BCUT2D eigenvalue weighted by Crippen LogP contribution is 2.37. The number of amidine groups is 1. The summed E-state index contributed by atoms with van der Waals surface area (Å²) in [5, 5.41) is 13.4. The van der Waals surface area contributed by atoms with Gasteiger partial charge >= 0.3 is 12.2 Å². The molecule has 3 N–H and O–H groups in total. The fourth-order valence-corrected chi connectivity index (χ4v) is 4.12. The molecule has 4 rings (SSSR count). The summed E-state index contributed by atoms with van der Waals surface area (Å²) in [5.41, 5.74) is 4.43. The van der Waals surface area contributed by atoms with Gasteiger partial charge in [-0.3, -0.25) is 4.99 Å². The molecule has 0 fully saturated rings. The van der Waals surface area contributed by atoms with Crippen molar-refractivity contribution in [3.8, 4) is 0 Å². The zero-order valence-electron chi connectivity index (χ0n) is 18.5. The molecule has 178 valence electrons. The Morgan fingerprint density at radius 3 is 2.65 bits per heavy atom. The van der Waals surface area contributed by atoms with Crippen LogP contribution in [-0.2, 0) is 6.42 Å². The van der Waals surface area contributed by atoms with Crippen LogP contribution < -0.4 is 10.6 Å². The van der Waals surface area contributed by atoms with Crippen molar-refractivity contribution in [2.45, 2.75) is 31.6 Å². The summed E-state index contributed by atoms with van der Waals surface area (Å²) in [6, 6.07) is 14.0. The van der Waals surface area contributed by atoms with Gasteiger partial charge < -0.3 is 20.6 Å². The van der Waals surface area contributed by atoms with E-state index < -0.39 is 18.8 Å². The van der Waals surface area contributed by atoms with E-state index in [-0.39, 0.29) is 18.7 Å². The maximum absolute atomic E-state index is 12.3. The number of alkyl halides is 3. The number of hydrogen-bond donors (Lipinski definition) is 3. The summed E-state index contributed by atoms with van der Waals surface area (Å²) in [7, 11) is 0. The molecule has 2 aromatic carbocycles. The van der Waals surface area contributed by atoms with Gasteiger partial charge in [0.1, 0.15) is 12.4 Å². The van der Waals surface area contributed by atoms with Gasteiger partial charge in [-0.25, -0.2) is 4.79 Å². The Kier molecular flexibility index (Phi) is 6.74. The molecule has 0 spiro atoms. The number of nitrogens with zero attached hydrogens (tertiary/aromatic N) is 2. The molecule has 2 atom stereocenters. The van der Waals surface area contributed by atoms with Gasteiger partial charge in [-0.1, -0.05) is 36.4 Å². The smallest absolute Gasteiger partial charge is 0.396 e. The van der Waals surface area contributed by atoms with Crippen LogP contribution in [0, 0.1) is 0 Å². The van der Waals surface area contributed by atoms with Gasteiger partial charge in [0.05, 0.1) is 12.1 Å². The highest BCUT2D eigenvalue weighted by molar-refractivity contribution is 6.05. The Bertz CT molecular complexity index is 1140. The second-order valence-corrected chi connectivity index (χ2v) is 8.21. The number of aliphatic hydroxyl groups excluding tert-OH is 1. The molecule has 6 nitrogen and oxygen atoms in total. The van der Waals surface area contributed by atoms with Gasteiger partial charge in [0, 0.05) is 18.5 Å². The Labute approximate surface area is 195 Å². The predicted octanol–water partition coefficient (Wildman–Crippen LogP) is 4.66. The Hall–Kier alpha value is -3.59. The first-order chi connectivity index (χ1) is 16.2. The van der Waals surface area contributed by atoms with Gasteiger partial charge in [0.2, 0.25) is 0 Å². The van der Waals surface area contributed by atoms with E-state index in [1.807, 2.05) is 55.6 Å². The van der Waals surface area contributed by atoms with Crippen LogP contribution >= 0.6 is 0 Å². The number of allylic oxidation sites excluding steroid dienone is 2. The minimum absolute atomic E-state index is 0.0727. The number of halogens is 3. The Morgan fingerprint density at radius 2 is 1.94 bits per heavy atom. The summed E-state index contributed by atoms with van der Waals surface area (Å²) >= 11 is 0. The summed E-state index contributed by atoms with van der Waals surface area (Å²) in [6.07, 6.45) is 2.15. The molecule has 2 unspecified atom stereocenters. The summed E-state index contributed by atoms with van der Waals surface area (Å²) in [4.78, 5) is 18.7. The van der Waals surface area contributed by atoms with Crippen LogP contribution in [0.5, 0.6) is 0 Å². The number of rotatable bonds is 6. The van der Waals surface area contributed by atoms with E-state index in [0.29, 0.717) is 12.1 Å². The van der Waals surface area contributed by atoms with Crippen LogP contribution in [0.15, 0.2) is 71.9 Å². The second kappa shape index (κ2) is 9.72. The molecular weight excluding hydrogens is 445 g/mol. The van der Waals surface area contributed by atoms with Gasteiger partial charge in [0.25, 0.3) is 0 Å². The largest absolute Gasteiger partial charge is 0.405 e. The number of aliphatic imine (C=N–C) groups is 1. The van der Waals surface area contributed by atoms with E-state index in [2.05, 4.69) is 10.2 Å². The highest BCUT2D eigenvalue weighted by atomic mass is 19.4. The molecule has 0 bridgehead atoms. The van der Waals surface area contributed by atoms with E-state index in [1.54, 1.807) is 23.5 Å². The van der Waals surface area contributed by atoms with Gasteiger partial charge in [-0.15, -0.1) is 0 Å². The number of fused-ring (bicyclic) bond motifs is 1. The Balaban J connectivity index is 1.47. The Morgan fingerprint density at radius 1 is 1.18 bits per heavy atom. The summed E-state index contributed by atoms with van der Waals surface area (Å²) < 4.78 is 37.0. The van der Waals surface area contributed by atoms with Crippen molar-refractivity contribution in [2.24, 2.45) is 4.99 Å². The number of carbonyl (C=O) groups is 1. The number of aliphatic hydroxyl groups is 1. The topological polar surface area (TPSA) is 77.0 Å². The quantitative estimate of drug-likeness (QED) is 0.575. The molecule has 34 heavy (non-hydrogen) atoms. The monoisotopic (exact) mass is 470 g/mol. The number of nitrogens with one attached hydrogen (secondary N) is 2. The lowest BCUT2D eigenvalue weighted by Gasteiger charge is -2.28. The zero-order valence-corrected chi connectivity index (χ0v) is 18.5. The van der Waals surface area contributed by atoms with E-state index in [1.165, 1.54) is 0 Å². The first-order valence-electron chi connectivity index (χ1n) is 10.9. The molecule has 2 aliphatic heterocycles. The van der Waals surface area contributed by atoms with Crippen molar-refractivity contribution in [1.29, 1.82) is 0 Å². The third-order valence-corrected chi connectivity index (χ3v) is 5.68. The summed E-state index contributed by atoms with van der Waals surface area (Å²) in [6.45, 7) is 0.714. The minimum Gasteiger partial charge on any atom is -0.396 e. The fraction of sp³-hybridized carbons (Fsp3) is 0.280. The molecule has 0 saturated heterocycles. The van der Waals surface area contributed by atoms with Gasteiger partial charge in [-0.05, 0) is 59.9 Å². The summed E-state index contributed by atoms with van der Waals surface area (Å²) in [5.74, 6) is 0.815. The van der Waals surface area contributed by atoms with Crippen LogP contribution in [-0.4, -0.2) is 47.2 Å². The number of benzene rings is 2. The first-order valence-corrected chi connectivity index (χ1v) is 10.9. The van der Waals surface area contributed by atoms with Crippen molar-refractivity contribution in [3.05, 3.63) is 83.6 Å². The van der Waals surface area contributed by atoms with Crippen LogP contribution in [0.3, 0.4) is 0 Å². The molecule has 2 heterocycles. The third kappa shape index (κ3) is 5.48. The lowest BCUT2D eigenvalue weighted by Crippen LogP contribution is -2.36. The van der Waals surface area contributed by atoms with E-state index in [9.17, 15) is 18.0 Å². The molecular formula is C25H25F3N4O2. The van der Waals surface area contributed by atoms with Crippen LogP contribution in [0.25, 0.3) is 5.57 Å². The molecule has 0 radical (unpaired) electrons. The SMILES string of the molecule is CC1N=C2C=C(c3ccc(CCO)cc3)C=CN2C1c1cccc(NC(=O)NCC(F)(F)F)c1. The maximum atomic E-state index is 12.3. The predicted molar refractivity (Wildman–Crippen MR) is 125 cm³/mol. The normalized spacial score (nSPS) is 19.4. The molecule has 0 saturated carbocycles. The van der Waals surface area contributed by atoms with E-state index in [4.69, 9.17) is 10.1 Å². The lowest BCUT2D eigenvalue weighted by molar-refractivity contribution is -0.122. The van der Waals surface area contributed by atoms with Crippen molar-refractivity contribution in [1.82, 2.24) is 10.2 Å². The molecule has 9 heteroatoms. The molecule has 2 aromatic rings. The number of urea groups is 1. The molecule has 2 aliphatic rings. The molecule has 0 aliphatic carbocycles. The van der Waals surface area contributed by atoms with Gasteiger partial charge in [-0.2, -0.15) is 13.2 Å². The second-order valence-electron chi connectivity index (χ2n) is 8.21. The number of amides is 2. The number of anilines is 1. The third-order valence-electron chi connectivity index (χ3n) is 5.68. The average molecular weight is 470 g/mol. The minimum atomic E-state index is -4.47. The van der Waals surface area contributed by atoms with E-state index >= 15 is 0 Å². The molecule has 0 aromatic heterocycles. The van der Waals surface area contributed by atoms with Crippen molar-refractivity contribution < 1.29 is 23.1 Å². The van der Waals surface area contributed by atoms with Crippen LogP contribution in [0.4, 0.5) is 23.7 Å². The average Bonchev–Trinajstić information content (AvgIpc) is 3.13. The lowest BCUT2D eigenvalue weighted by atomic mass is 9.98.